The first-order valence-corrected chi connectivity index (χ1v) is 3.37. The predicted molar refractivity (Wildman–Crippen MR) is 43.2 cm³/mol. The molecule has 0 heterocycles. The summed E-state index contributed by atoms with van der Waals surface area (Å²) in [4.78, 5) is 18.9. The summed E-state index contributed by atoms with van der Waals surface area (Å²) in [5, 5.41) is 0. The van der Waals surface area contributed by atoms with Gasteiger partial charge in [0.15, 0.2) is 6.23 Å². The highest BCUT2D eigenvalue weighted by molar-refractivity contribution is 5.69. The van der Waals surface area contributed by atoms with E-state index in [1.54, 1.807) is 0 Å². The molecule has 3 N–H and O–H groups in total. The number of nitrogens with zero attached hydrogens (tertiary/aromatic N) is 1. The zero-order chi connectivity index (χ0) is 9.40. The molecule has 0 unspecified atom stereocenters. The smallest absolute Gasteiger partial charge is 0.329 e. The van der Waals surface area contributed by atoms with Crippen molar-refractivity contribution < 1.29 is 14.4 Å². The number of carbonyl (C=O) groups is 1. The molecule has 0 bridgehead atoms. The van der Waals surface area contributed by atoms with Gasteiger partial charge >= 0.3 is 5.97 Å². The molecule has 12 heavy (non-hydrogen) atoms. The molecule has 1 atom stereocenters. The fourth-order valence-corrected chi connectivity index (χ4v) is 0.591. The molecule has 0 aromatic rings. The van der Waals surface area contributed by atoms with Crippen LogP contribution in [-0.4, -0.2) is 32.7 Å². The van der Waals surface area contributed by atoms with Gasteiger partial charge in [0.25, 0.3) is 0 Å². The molecule has 0 fully saturated rings. The average molecular weight is 175 g/mol. The molecule has 0 aromatic carbocycles. The van der Waals surface area contributed by atoms with Crippen molar-refractivity contribution in [1.29, 1.82) is 0 Å². The maximum absolute atomic E-state index is 10.8. The molecule has 0 aliphatic carbocycles. The number of aliphatic imine (C=N–C) groups is 1. The number of nitrogens with two attached hydrogens (primary N) is 1. The first-order chi connectivity index (χ1) is 5.74. The van der Waals surface area contributed by atoms with E-state index in [2.05, 4.69) is 15.3 Å². The number of hydrogen-bond donors (Lipinski definition) is 2. The van der Waals surface area contributed by atoms with E-state index < -0.39 is 12.2 Å². The monoisotopic (exact) mass is 175 g/mol. The number of hydroxylamine groups is 1. The van der Waals surface area contributed by atoms with Crippen LogP contribution >= 0.6 is 0 Å². The Balaban J connectivity index is 3.77. The van der Waals surface area contributed by atoms with Gasteiger partial charge in [-0.15, -0.1) is 0 Å². The fraction of sp³-hybridized carbons (Fsp3) is 0.667. The van der Waals surface area contributed by atoms with Crippen molar-refractivity contribution >= 4 is 12.3 Å². The van der Waals surface area contributed by atoms with Crippen molar-refractivity contribution in [2.75, 3.05) is 14.2 Å². The third-order valence-electron chi connectivity index (χ3n) is 1.08. The van der Waals surface area contributed by atoms with Gasteiger partial charge in [0.2, 0.25) is 0 Å². The summed E-state index contributed by atoms with van der Waals surface area (Å²) in [5.41, 5.74) is 7.27. The first-order valence-electron chi connectivity index (χ1n) is 3.37. The molecular formula is C6H13N3O3. The second-order valence-electron chi connectivity index (χ2n) is 1.87. The minimum Gasteiger partial charge on any atom is -0.390 e. The quantitative estimate of drug-likeness (QED) is 0.318. The number of nitrogens with one attached hydrogen (secondary N) is 1. The van der Waals surface area contributed by atoms with Gasteiger partial charge in [-0.25, -0.2) is 4.99 Å². The molecule has 0 rings (SSSR count). The zero-order valence-corrected chi connectivity index (χ0v) is 7.11. The second-order valence-corrected chi connectivity index (χ2v) is 1.87. The highest BCUT2D eigenvalue weighted by atomic mass is 16.7. The van der Waals surface area contributed by atoms with Gasteiger partial charge in [-0.05, 0) is 0 Å². The molecule has 0 aromatic heterocycles. The molecule has 0 amide bonds. The van der Waals surface area contributed by atoms with Crippen molar-refractivity contribution in [1.82, 2.24) is 5.48 Å². The SMILES string of the molecule is CNOC(=O)C[C@H](N=CN)OC. The van der Waals surface area contributed by atoms with Crippen molar-refractivity contribution in [3.63, 3.8) is 0 Å². The summed E-state index contributed by atoms with van der Waals surface area (Å²) in [7, 11) is 2.93. The molecule has 0 radical (unpaired) electrons. The van der Waals surface area contributed by atoms with Crippen LogP contribution < -0.4 is 11.2 Å². The molecule has 70 valence electrons. The normalized spacial score (nSPS) is 13.2. The topological polar surface area (TPSA) is 85.9 Å². The van der Waals surface area contributed by atoms with Crippen molar-refractivity contribution in [2.24, 2.45) is 10.7 Å². The number of methoxy groups -OCH3 is 1. The van der Waals surface area contributed by atoms with Crippen LogP contribution in [0.4, 0.5) is 0 Å². The lowest BCUT2D eigenvalue weighted by molar-refractivity contribution is -0.152. The molecule has 6 heteroatoms. The first kappa shape index (κ1) is 10.9. The van der Waals surface area contributed by atoms with Gasteiger partial charge in [0.1, 0.15) is 0 Å². The van der Waals surface area contributed by atoms with E-state index in [9.17, 15) is 4.79 Å². The summed E-state index contributed by atoms with van der Waals surface area (Å²) in [6, 6.07) is 0. The standard InChI is InChI=1S/C6H13N3O3/c1-8-12-6(10)3-5(11-2)9-4-7/h4-5,8H,3H2,1-2H3,(H2,7,9)/t5-/m1/s1. The number of carbonyl (C=O) groups excluding carboxylic acids is 1. The van der Waals surface area contributed by atoms with Gasteiger partial charge in [-0.2, -0.15) is 5.48 Å². The Labute approximate surface area is 70.7 Å². The Morgan fingerprint density at radius 1 is 1.83 bits per heavy atom. The summed E-state index contributed by atoms with van der Waals surface area (Å²) in [6.45, 7) is 0. The lowest BCUT2D eigenvalue weighted by atomic mass is 10.4. The highest BCUT2D eigenvalue weighted by Gasteiger charge is 2.11. The van der Waals surface area contributed by atoms with Gasteiger partial charge in [0.05, 0.1) is 12.8 Å². The van der Waals surface area contributed by atoms with E-state index in [1.165, 1.54) is 14.2 Å². The third kappa shape index (κ3) is 4.64. The summed E-state index contributed by atoms with van der Waals surface area (Å²) < 4.78 is 4.80. The molecule has 0 saturated carbocycles. The molecule has 0 saturated heterocycles. The Morgan fingerprint density at radius 3 is 2.92 bits per heavy atom. The molecule has 0 aliphatic heterocycles. The van der Waals surface area contributed by atoms with E-state index in [0.717, 1.165) is 6.34 Å². The zero-order valence-electron chi connectivity index (χ0n) is 7.11. The lowest BCUT2D eigenvalue weighted by Gasteiger charge is -2.08. The average Bonchev–Trinajstić information content (AvgIpc) is 2.04. The van der Waals surface area contributed by atoms with E-state index in [-0.39, 0.29) is 6.42 Å². The van der Waals surface area contributed by atoms with Crippen molar-refractivity contribution in [3.05, 3.63) is 0 Å². The number of rotatable bonds is 5. The number of hydrogen-bond acceptors (Lipinski definition) is 5. The third-order valence-corrected chi connectivity index (χ3v) is 1.08. The summed E-state index contributed by atoms with van der Waals surface area (Å²) >= 11 is 0. The van der Waals surface area contributed by atoms with Crippen LogP contribution in [0.15, 0.2) is 4.99 Å². The van der Waals surface area contributed by atoms with Gasteiger partial charge in [0, 0.05) is 14.2 Å². The van der Waals surface area contributed by atoms with Crippen molar-refractivity contribution in [2.45, 2.75) is 12.6 Å². The van der Waals surface area contributed by atoms with Crippen LogP contribution in [0.1, 0.15) is 6.42 Å². The van der Waals surface area contributed by atoms with E-state index in [4.69, 9.17) is 10.5 Å². The van der Waals surface area contributed by atoms with Crippen LogP contribution in [-0.2, 0) is 14.4 Å². The van der Waals surface area contributed by atoms with E-state index in [1.807, 2.05) is 0 Å². The Kier molecular flexibility index (Phi) is 5.94. The summed E-state index contributed by atoms with van der Waals surface area (Å²) in [6.07, 6.45) is 0.544. The van der Waals surface area contributed by atoms with Gasteiger partial charge in [-0.1, -0.05) is 0 Å². The van der Waals surface area contributed by atoms with Crippen molar-refractivity contribution in [3.8, 4) is 0 Å². The number of ether oxygens (including phenoxy) is 1. The second kappa shape index (κ2) is 6.56. The van der Waals surface area contributed by atoms with Crippen LogP contribution in [0, 0.1) is 0 Å². The maximum atomic E-state index is 10.8. The highest BCUT2D eigenvalue weighted by Crippen LogP contribution is 1.98. The lowest BCUT2D eigenvalue weighted by Crippen LogP contribution is -2.21. The predicted octanol–water partition coefficient (Wildman–Crippen LogP) is -0.986. The van der Waals surface area contributed by atoms with Gasteiger partial charge in [-0.3, -0.25) is 4.79 Å². The van der Waals surface area contributed by atoms with Crippen LogP contribution in [0.25, 0.3) is 0 Å². The van der Waals surface area contributed by atoms with Crippen LogP contribution in [0.3, 0.4) is 0 Å². The molecule has 6 nitrogen and oxygen atoms in total. The minimum absolute atomic E-state index is 0.0328. The van der Waals surface area contributed by atoms with E-state index >= 15 is 0 Å². The largest absolute Gasteiger partial charge is 0.390 e. The molecular weight excluding hydrogens is 162 g/mol. The molecule has 0 spiro atoms. The maximum Gasteiger partial charge on any atom is 0.329 e. The Morgan fingerprint density at radius 2 is 2.50 bits per heavy atom. The van der Waals surface area contributed by atoms with Crippen LogP contribution in [0.5, 0.6) is 0 Å². The van der Waals surface area contributed by atoms with Crippen LogP contribution in [0.2, 0.25) is 0 Å². The summed E-state index contributed by atoms with van der Waals surface area (Å²) in [5.74, 6) is -0.449. The Hall–Kier alpha value is -1.14. The Bertz CT molecular complexity index is 160. The van der Waals surface area contributed by atoms with E-state index in [0.29, 0.717) is 0 Å². The minimum atomic E-state index is -0.573. The molecule has 0 aliphatic rings. The fourth-order valence-electron chi connectivity index (χ4n) is 0.591. The van der Waals surface area contributed by atoms with Gasteiger partial charge < -0.3 is 15.3 Å².